The Hall–Kier alpha value is -2.61. The van der Waals surface area contributed by atoms with Gasteiger partial charge in [0.15, 0.2) is 5.43 Å². The van der Waals surface area contributed by atoms with Crippen molar-refractivity contribution < 1.29 is 26.0 Å². The van der Waals surface area contributed by atoms with E-state index in [4.69, 9.17) is 4.42 Å². The molecule has 0 unspecified atom stereocenters. The van der Waals surface area contributed by atoms with E-state index in [1.165, 1.54) is 12.1 Å². The van der Waals surface area contributed by atoms with Crippen LogP contribution in [0.5, 0.6) is 0 Å². The standard InChI is InChI=1S/C16H9F3O4S/c17-16(18,19)10-4-3-5-11(8-10)24(21,22)15-9-13(20)12-6-1-2-7-14(12)23-15/h1-9H. The highest BCUT2D eigenvalue weighted by Crippen LogP contribution is 2.32. The smallest absolute Gasteiger partial charge is 0.416 e. The minimum absolute atomic E-state index is 0.0375. The van der Waals surface area contributed by atoms with Gasteiger partial charge in [-0.05, 0) is 30.3 Å². The lowest BCUT2D eigenvalue weighted by Crippen LogP contribution is -2.10. The Kier molecular flexibility index (Phi) is 3.71. The third kappa shape index (κ3) is 2.80. The summed E-state index contributed by atoms with van der Waals surface area (Å²) in [6.07, 6.45) is -4.68. The molecule has 0 aliphatic carbocycles. The lowest BCUT2D eigenvalue weighted by atomic mass is 10.2. The summed E-state index contributed by atoms with van der Waals surface area (Å²) in [6, 6.07) is 10.0. The number of hydrogen-bond donors (Lipinski definition) is 0. The van der Waals surface area contributed by atoms with E-state index < -0.39 is 37.0 Å². The lowest BCUT2D eigenvalue weighted by molar-refractivity contribution is -0.137. The van der Waals surface area contributed by atoms with Crippen LogP contribution in [0.3, 0.4) is 0 Å². The van der Waals surface area contributed by atoms with Crippen molar-refractivity contribution in [1.29, 1.82) is 0 Å². The average molecular weight is 354 g/mol. The Morgan fingerprint density at radius 1 is 0.917 bits per heavy atom. The van der Waals surface area contributed by atoms with E-state index in [2.05, 4.69) is 0 Å². The zero-order chi connectivity index (χ0) is 17.5. The minimum atomic E-state index is -4.68. The molecule has 0 spiro atoms. The van der Waals surface area contributed by atoms with E-state index in [1.807, 2.05) is 0 Å². The van der Waals surface area contributed by atoms with E-state index in [0.29, 0.717) is 6.07 Å². The summed E-state index contributed by atoms with van der Waals surface area (Å²) in [5.41, 5.74) is -1.66. The fraction of sp³-hybridized carbons (Fsp3) is 0.0625. The molecule has 1 heterocycles. The van der Waals surface area contributed by atoms with Crippen molar-refractivity contribution in [3.8, 4) is 0 Å². The van der Waals surface area contributed by atoms with E-state index in [1.54, 1.807) is 12.1 Å². The molecule has 124 valence electrons. The Balaban J connectivity index is 2.20. The Bertz CT molecular complexity index is 1080. The molecular weight excluding hydrogens is 345 g/mol. The first-order valence-corrected chi connectivity index (χ1v) is 8.13. The summed E-state index contributed by atoms with van der Waals surface area (Å²) in [4.78, 5) is 11.4. The van der Waals surface area contributed by atoms with E-state index in [-0.39, 0.29) is 11.0 Å². The third-order valence-corrected chi connectivity index (χ3v) is 4.95. The number of halogens is 3. The van der Waals surface area contributed by atoms with Crippen LogP contribution in [0.4, 0.5) is 13.2 Å². The second-order valence-corrected chi connectivity index (χ2v) is 6.84. The molecule has 0 fully saturated rings. The van der Waals surface area contributed by atoms with Crippen LogP contribution < -0.4 is 5.43 Å². The van der Waals surface area contributed by atoms with Gasteiger partial charge in [0.2, 0.25) is 14.9 Å². The van der Waals surface area contributed by atoms with Gasteiger partial charge in [-0.15, -0.1) is 0 Å². The van der Waals surface area contributed by atoms with Gasteiger partial charge < -0.3 is 4.42 Å². The number of hydrogen-bond acceptors (Lipinski definition) is 4. The van der Waals surface area contributed by atoms with Crippen molar-refractivity contribution in [3.63, 3.8) is 0 Å². The molecule has 4 nitrogen and oxygen atoms in total. The summed E-state index contributed by atoms with van der Waals surface area (Å²) in [7, 11) is -4.40. The molecule has 3 aromatic rings. The topological polar surface area (TPSA) is 64.3 Å². The van der Waals surface area contributed by atoms with Gasteiger partial charge in [-0.2, -0.15) is 13.2 Å². The van der Waals surface area contributed by atoms with Crippen LogP contribution in [0.2, 0.25) is 0 Å². The molecule has 0 aliphatic rings. The van der Waals surface area contributed by atoms with Crippen LogP contribution >= 0.6 is 0 Å². The first-order valence-electron chi connectivity index (χ1n) is 6.65. The molecule has 0 N–H and O–H groups in total. The number of fused-ring (bicyclic) bond motifs is 1. The fourth-order valence-electron chi connectivity index (χ4n) is 2.17. The predicted octanol–water partition coefficient (Wildman–Crippen LogP) is 3.64. The number of rotatable bonds is 2. The van der Waals surface area contributed by atoms with E-state index >= 15 is 0 Å². The molecule has 0 amide bonds. The van der Waals surface area contributed by atoms with Gasteiger partial charge >= 0.3 is 6.18 Å². The Morgan fingerprint density at radius 3 is 2.33 bits per heavy atom. The maximum absolute atomic E-state index is 12.8. The highest BCUT2D eigenvalue weighted by atomic mass is 32.2. The van der Waals surface area contributed by atoms with Gasteiger partial charge in [-0.1, -0.05) is 18.2 Å². The van der Waals surface area contributed by atoms with Gasteiger partial charge in [0.1, 0.15) is 5.58 Å². The van der Waals surface area contributed by atoms with E-state index in [0.717, 1.165) is 24.3 Å². The summed E-state index contributed by atoms with van der Waals surface area (Å²) < 4.78 is 68.5. The van der Waals surface area contributed by atoms with Crippen LogP contribution in [0.15, 0.2) is 73.8 Å². The highest BCUT2D eigenvalue weighted by Gasteiger charge is 2.32. The van der Waals surface area contributed by atoms with Crippen molar-refractivity contribution in [2.45, 2.75) is 16.2 Å². The predicted molar refractivity (Wildman–Crippen MR) is 79.4 cm³/mol. The third-order valence-electron chi connectivity index (χ3n) is 3.35. The SMILES string of the molecule is O=c1cc(S(=O)(=O)c2cccc(C(F)(F)F)c2)oc2ccccc12. The number of sulfone groups is 1. The van der Waals surface area contributed by atoms with Crippen LogP contribution in [-0.2, 0) is 16.0 Å². The zero-order valence-corrected chi connectivity index (χ0v) is 12.7. The van der Waals surface area contributed by atoms with Crippen molar-refractivity contribution in [1.82, 2.24) is 0 Å². The van der Waals surface area contributed by atoms with Gasteiger partial charge in [-0.3, -0.25) is 4.79 Å². The van der Waals surface area contributed by atoms with Crippen molar-refractivity contribution in [2.75, 3.05) is 0 Å². The number of alkyl halides is 3. The monoisotopic (exact) mass is 354 g/mol. The summed E-state index contributed by atoms with van der Waals surface area (Å²) in [6.45, 7) is 0. The zero-order valence-electron chi connectivity index (χ0n) is 11.9. The van der Waals surface area contributed by atoms with E-state index in [9.17, 15) is 26.4 Å². The molecule has 24 heavy (non-hydrogen) atoms. The molecule has 0 saturated carbocycles. The van der Waals surface area contributed by atoms with Crippen LogP contribution in [-0.4, -0.2) is 8.42 Å². The fourth-order valence-corrected chi connectivity index (χ4v) is 3.40. The number of para-hydroxylation sites is 1. The number of benzene rings is 2. The minimum Gasteiger partial charge on any atom is -0.444 e. The molecule has 0 radical (unpaired) electrons. The molecule has 0 atom stereocenters. The second-order valence-electron chi connectivity index (χ2n) is 4.95. The highest BCUT2D eigenvalue weighted by molar-refractivity contribution is 7.91. The normalized spacial score (nSPS) is 12.5. The molecule has 1 aromatic heterocycles. The van der Waals surface area contributed by atoms with Crippen LogP contribution in [0, 0.1) is 0 Å². The quantitative estimate of drug-likeness (QED) is 0.705. The van der Waals surface area contributed by atoms with Gasteiger partial charge in [0.05, 0.1) is 15.8 Å². The first-order chi connectivity index (χ1) is 11.2. The van der Waals surface area contributed by atoms with Crippen LogP contribution in [0.1, 0.15) is 5.56 Å². The average Bonchev–Trinajstić information content (AvgIpc) is 2.54. The Labute approximate surface area is 134 Å². The molecule has 0 aliphatic heterocycles. The lowest BCUT2D eigenvalue weighted by Gasteiger charge is -2.09. The van der Waals surface area contributed by atoms with Crippen molar-refractivity contribution in [2.24, 2.45) is 0 Å². The molecule has 2 aromatic carbocycles. The summed E-state index contributed by atoms with van der Waals surface area (Å²) >= 11 is 0. The largest absolute Gasteiger partial charge is 0.444 e. The second kappa shape index (κ2) is 5.48. The first kappa shape index (κ1) is 16.3. The molecule has 0 bridgehead atoms. The maximum atomic E-state index is 12.8. The summed E-state index contributed by atoms with van der Waals surface area (Å²) in [5.74, 6) is 0. The van der Waals surface area contributed by atoms with Crippen molar-refractivity contribution in [3.05, 3.63) is 70.4 Å². The van der Waals surface area contributed by atoms with Gasteiger partial charge in [-0.25, -0.2) is 8.42 Å². The molecule has 3 rings (SSSR count). The van der Waals surface area contributed by atoms with Gasteiger partial charge in [0, 0.05) is 6.07 Å². The van der Waals surface area contributed by atoms with Crippen LogP contribution in [0.25, 0.3) is 11.0 Å². The summed E-state index contributed by atoms with van der Waals surface area (Å²) in [5, 5.41) is -0.522. The maximum Gasteiger partial charge on any atom is 0.416 e. The van der Waals surface area contributed by atoms with Crippen molar-refractivity contribution >= 4 is 20.8 Å². The molecular formula is C16H9F3O4S. The Morgan fingerprint density at radius 2 is 1.62 bits per heavy atom. The molecule has 8 heteroatoms. The van der Waals surface area contributed by atoms with Gasteiger partial charge in [0.25, 0.3) is 0 Å². The molecule has 0 saturated heterocycles.